The minimum atomic E-state index is -0.415. The summed E-state index contributed by atoms with van der Waals surface area (Å²) < 4.78 is 12.8. The van der Waals surface area contributed by atoms with Crippen LogP contribution >= 0.6 is 0 Å². The van der Waals surface area contributed by atoms with Crippen molar-refractivity contribution >= 4 is 17.3 Å². The van der Waals surface area contributed by atoms with Crippen molar-refractivity contribution < 1.29 is 14.0 Å². The predicted octanol–water partition coefficient (Wildman–Crippen LogP) is 1.76. The molecule has 0 aliphatic carbocycles. The van der Waals surface area contributed by atoms with Crippen molar-refractivity contribution in [3.63, 3.8) is 0 Å². The van der Waals surface area contributed by atoms with Gasteiger partial charge >= 0.3 is 0 Å². The predicted molar refractivity (Wildman–Crippen MR) is 70.8 cm³/mol. The summed E-state index contributed by atoms with van der Waals surface area (Å²) in [6, 6.07) is 3.92. The summed E-state index contributed by atoms with van der Waals surface area (Å²) >= 11 is 0. The summed E-state index contributed by atoms with van der Waals surface area (Å²) in [7, 11) is 0. The van der Waals surface area contributed by atoms with E-state index in [2.05, 4.69) is 5.32 Å². The maximum absolute atomic E-state index is 12.8. The molecule has 2 rings (SSSR count). The Morgan fingerprint density at radius 1 is 1.53 bits per heavy atom. The fraction of sp³-hybridized carbons (Fsp3) is 0.462. The third kappa shape index (κ3) is 4.18. The Morgan fingerprint density at radius 3 is 3.05 bits per heavy atom. The number of rotatable bonds is 5. The van der Waals surface area contributed by atoms with Crippen molar-refractivity contribution in [2.45, 2.75) is 19.3 Å². The van der Waals surface area contributed by atoms with Crippen LogP contribution in [-0.4, -0.2) is 30.7 Å². The number of hydroxylamine groups is 2. The number of amides is 1. The lowest BCUT2D eigenvalue weighted by Gasteiger charge is -2.13. The lowest BCUT2D eigenvalue weighted by Crippen LogP contribution is -2.21. The molecule has 1 aliphatic rings. The highest BCUT2D eigenvalue weighted by atomic mass is 19.1. The molecule has 1 aromatic rings. The van der Waals surface area contributed by atoms with Crippen LogP contribution in [0, 0.1) is 5.82 Å². The monoisotopic (exact) mass is 267 g/mol. The van der Waals surface area contributed by atoms with Crippen molar-refractivity contribution in [2.75, 3.05) is 30.7 Å². The van der Waals surface area contributed by atoms with Gasteiger partial charge in [-0.25, -0.2) is 4.39 Å². The van der Waals surface area contributed by atoms with Crippen molar-refractivity contribution in [2.24, 2.45) is 0 Å². The number of halogens is 1. The molecule has 0 aromatic heterocycles. The highest BCUT2D eigenvalue weighted by Crippen LogP contribution is 2.19. The van der Waals surface area contributed by atoms with Crippen molar-refractivity contribution in [3.05, 3.63) is 24.0 Å². The Morgan fingerprint density at radius 2 is 2.37 bits per heavy atom. The Hall–Kier alpha value is -1.66. The number of carbonyl (C=O) groups is 1. The van der Waals surface area contributed by atoms with Crippen LogP contribution in [0.25, 0.3) is 0 Å². The first-order valence-corrected chi connectivity index (χ1v) is 6.38. The van der Waals surface area contributed by atoms with Crippen LogP contribution in [0.4, 0.5) is 15.8 Å². The van der Waals surface area contributed by atoms with Crippen molar-refractivity contribution in [1.29, 1.82) is 0 Å². The van der Waals surface area contributed by atoms with Crippen molar-refractivity contribution in [3.8, 4) is 0 Å². The molecule has 1 fully saturated rings. The molecule has 3 N–H and O–H groups in total. The van der Waals surface area contributed by atoms with Crippen LogP contribution < -0.4 is 11.1 Å². The van der Waals surface area contributed by atoms with E-state index in [0.29, 0.717) is 18.5 Å². The van der Waals surface area contributed by atoms with Crippen LogP contribution in [0.3, 0.4) is 0 Å². The zero-order valence-corrected chi connectivity index (χ0v) is 10.7. The molecule has 0 radical (unpaired) electrons. The molecule has 6 heteroatoms. The van der Waals surface area contributed by atoms with Gasteiger partial charge in [0.1, 0.15) is 5.82 Å². The molecule has 1 saturated heterocycles. The Labute approximate surface area is 111 Å². The fourth-order valence-electron chi connectivity index (χ4n) is 1.95. The molecular weight excluding hydrogens is 249 g/mol. The number of hydrogen-bond acceptors (Lipinski definition) is 4. The van der Waals surface area contributed by atoms with Crippen LogP contribution in [0.15, 0.2) is 18.2 Å². The Kier molecular flexibility index (Phi) is 4.70. The number of hydrogen-bond donors (Lipinski definition) is 2. The van der Waals surface area contributed by atoms with Gasteiger partial charge in [0.25, 0.3) is 0 Å². The zero-order valence-electron chi connectivity index (χ0n) is 10.7. The average Bonchev–Trinajstić information content (AvgIpc) is 2.86. The van der Waals surface area contributed by atoms with E-state index in [4.69, 9.17) is 10.6 Å². The molecule has 1 aromatic carbocycles. The second-order valence-electron chi connectivity index (χ2n) is 4.50. The fourth-order valence-corrected chi connectivity index (χ4v) is 1.95. The highest BCUT2D eigenvalue weighted by Gasteiger charge is 2.12. The van der Waals surface area contributed by atoms with Gasteiger partial charge in [-0.3, -0.25) is 9.63 Å². The lowest BCUT2D eigenvalue weighted by atomic mass is 10.2. The van der Waals surface area contributed by atoms with Gasteiger partial charge in [-0.15, -0.1) is 0 Å². The van der Waals surface area contributed by atoms with Gasteiger partial charge in [0, 0.05) is 19.5 Å². The molecule has 0 bridgehead atoms. The van der Waals surface area contributed by atoms with Gasteiger partial charge in [-0.05, 0) is 31.0 Å². The summed E-state index contributed by atoms with van der Waals surface area (Å²) in [5.74, 6) is -0.542. The number of benzene rings is 1. The average molecular weight is 267 g/mol. The van der Waals surface area contributed by atoms with Gasteiger partial charge in [0.05, 0.1) is 18.0 Å². The van der Waals surface area contributed by atoms with Gasteiger partial charge in [0.15, 0.2) is 0 Å². The standard InChI is InChI=1S/C13H18FN3O2/c14-10-4-5-12(11(15)9-10)16-13(18)3-1-6-17-7-2-8-19-17/h4-5,9H,1-3,6-8,15H2,(H,16,18). The summed E-state index contributed by atoms with van der Waals surface area (Å²) in [5, 5.41) is 4.55. The number of nitrogens with one attached hydrogen (secondary N) is 1. The third-order valence-electron chi connectivity index (χ3n) is 2.92. The number of nitrogens with two attached hydrogens (primary N) is 1. The largest absolute Gasteiger partial charge is 0.397 e. The first-order valence-electron chi connectivity index (χ1n) is 6.38. The highest BCUT2D eigenvalue weighted by molar-refractivity contribution is 5.93. The molecule has 104 valence electrons. The van der Waals surface area contributed by atoms with Gasteiger partial charge in [0.2, 0.25) is 5.91 Å². The van der Waals surface area contributed by atoms with E-state index in [1.807, 2.05) is 5.06 Å². The zero-order chi connectivity index (χ0) is 13.7. The smallest absolute Gasteiger partial charge is 0.224 e. The van der Waals surface area contributed by atoms with E-state index < -0.39 is 5.82 Å². The molecule has 0 unspecified atom stereocenters. The molecule has 1 aliphatic heterocycles. The topological polar surface area (TPSA) is 67.6 Å². The molecule has 0 spiro atoms. The van der Waals surface area contributed by atoms with Crippen LogP contribution in [0.5, 0.6) is 0 Å². The molecule has 19 heavy (non-hydrogen) atoms. The second-order valence-corrected chi connectivity index (χ2v) is 4.50. The lowest BCUT2D eigenvalue weighted by molar-refractivity contribution is -0.120. The number of anilines is 2. The first kappa shape index (κ1) is 13.8. The van der Waals surface area contributed by atoms with Crippen LogP contribution in [0.1, 0.15) is 19.3 Å². The van der Waals surface area contributed by atoms with E-state index in [1.54, 1.807) is 0 Å². The molecule has 1 amide bonds. The van der Waals surface area contributed by atoms with E-state index >= 15 is 0 Å². The van der Waals surface area contributed by atoms with Crippen molar-refractivity contribution in [1.82, 2.24) is 5.06 Å². The maximum atomic E-state index is 12.8. The molecular formula is C13H18FN3O2. The minimum absolute atomic E-state index is 0.127. The van der Waals surface area contributed by atoms with Crippen LogP contribution in [0.2, 0.25) is 0 Å². The maximum Gasteiger partial charge on any atom is 0.224 e. The number of nitrogen functional groups attached to an aromatic ring is 1. The van der Waals surface area contributed by atoms with E-state index in [9.17, 15) is 9.18 Å². The summed E-state index contributed by atoms with van der Waals surface area (Å²) in [4.78, 5) is 17.0. The van der Waals surface area contributed by atoms with Gasteiger partial charge in [-0.2, -0.15) is 5.06 Å². The van der Waals surface area contributed by atoms with Crippen LogP contribution in [-0.2, 0) is 9.63 Å². The SMILES string of the molecule is Nc1cc(F)ccc1NC(=O)CCCN1CCCO1. The normalized spacial score (nSPS) is 15.6. The Balaban J connectivity index is 1.74. The summed E-state index contributed by atoms with van der Waals surface area (Å²) in [5.41, 5.74) is 6.30. The number of nitrogens with zero attached hydrogens (tertiary/aromatic N) is 1. The molecule has 0 saturated carbocycles. The molecule has 5 nitrogen and oxygen atoms in total. The van der Waals surface area contributed by atoms with Gasteiger partial charge < -0.3 is 11.1 Å². The molecule has 1 heterocycles. The number of carbonyl (C=O) groups excluding carboxylic acids is 1. The minimum Gasteiger partial charge on any atom is -0.397 e. The van der Waals surface area contributed by atoms with E-state index in [1.165, 1.54) is 18.2 Å². The first-order chi connectivity index (χ1) is 9.15. The summed E-state index contributed by atoms with van der Waals surface area (Å²) in [6.45, 7) is 2.43. The van der Waals surface area contributed by atoms with E-state index in [0.717, 1.165) is 26.1 Å². The summed E-state index contributed by atoms with van der Waals surface area (Å²) in [6.07, 6.45) is 2.14. The third-order valence-corrected chi connectivity index (χ3v) is 2.92. The molecule has 0 atom stereocenters. The second kappa shape index (κ2) is 6.49. The Bertz CT molecular complexity index is 448. The quantitative estimate of drug-likeness (QED) is 0.798. The van der Waals surface area contributed by atoms with Gasteiger partial charge in [-0.1, -0.05) is 0 Å². The van der Waals surface area contributed by atoms with E-state index in [-0.39, 0.29) is 11.6 Å².